The van der Waals surface area contributed by atoms with Crippen molar-refractivity contribution in [1.29, 1.82) is 0 Å². The minimum Gasteiger partial charge on any atom is -0.368 e. The van der Waals surface area contributed by atoms with E-state index in [-0.39, 0.29) is 41.2 Å². The van der Waals surface area contributed by atoms with E-state index in [0.717, 1.165) is 12.8 Å². The average molecular weight is 444 g/mol. The molecule has 0 radical (unpaired) electrons. The van der Waals surface area contributed by atoms with Gasteiger partial charge in [-0.3, -0.25) is 19.2 Å². The molecule has 0 aromatic rings. The minimum atomic E-state index is -0.869. The van der Waals surface area contributed by atoms with Crippen LogP contribution in [0.3, 0.4) is 0 Å². The van der Waals surface area contributed by atoms with Gasteiger partial charge in [0.2, 0.25) is 17.7 Å². The lowest BCUT2D eigenvalue weighted by Crippen LogP contribution is -2.55. The van der Waals surface area contributed by atoms with Crippen LogP contribution in [-0.2, 0) is 23.9 Å². The molecule has 2 aliphatic heterocycles. The third-order valence-electron chi connectivity index (χ3n) is 5.43. The third kappa shape index (κ3) is 7.54. The minimum absolute atomic E-state index is 0.110. The summed E-state index contributed by atoms with van der Waals surface area (Å²) < 4.78 is 5.41. The number of rotatable bonds is 9. The highest BCUT2D eigenvalue weighted by molar-refractivity contribution is 6.28. The molecule has 3 N–H and O–H groups in total. The molecule has 2 aliphatic rings. The van der Waals surface area contributed by atoms with Crippen molar-refractivity contribution >= 4 is 35.1 Å². The highest BCUT2D eigenvalue weighted by Gasteiger charge is 2.34. The lowest BCUT2D eigenvalue weighted by atomic mass is 9.87. The van der Waals surface area contributed by atoms with Gasteiger partial charge in [0.25, 0.3) is 0 Å². The van der Waals surface area contributed by atoms with E-state index >= 15 is 0 Å². The lowest BCUT2D eigenvalue weighted by molar-refractivity contribution is -0.136. The number of ether oxygens (including phenoxy) is 1. The van der Waals surface area contributed by atoms with Crippen LogP contribution >= 0.6 is 11.6 Å². The van der Waals surface area contributed by atoms with Gasteiger partial charge >= 0.3 is 0 Å². The number of hydrogen-bond acceptors (Lipinski definition) is 5. The Morgan fingerprint density at radius 2 is 1.90 bits per heavy atom. The Kier molecular flexibility index (Phi) is 9.09. The first-order chi connectivity index (χ1) is 14.1. The fourth-order valence-corrected chi connectivity index (χ4v) is 4.04. The molecular formula is C21H34ClN3O5. The van der Waals surface area contributed by atoms with Gasteiger partial charge in [-0.25, -0.2) is 0 Å². The Bertz CT molecular complexity index is 643. The summed E-state index contributed by atoms with van der Waals surface area (Å²) in [4.78, 5) is 50.1. The van der Waals surface area contributed by atoms with Gasteiger partial charge in [0.15, 0.2) is 5.78 Å². The zero-order chi connectivity index (χ0) is 22.3. The van der Waals surface area contributed by atoms with Crippen molar-refractivity contribution in [2.45, 2.75) is 77.5 Å². The molecule has 0 saturated carbocycles. The number of piperidine rings is 1. The van der Waals surface area contributed by atoms with Gasteiger partial charge in [0, 0.05) is 19.1 Å². The molecule has 0 aromatic heterocycles. The van der Waals surface area contributed by atoms with Crippen LogP contribution in [0.15, 0.2) is 0 Å². The van der Waals surface area contributed by atoms with Gasteiger partial charge in [-0.1, -0.05) is 20.8 Å². The number of carbonyl (C=O) groups is 4. The molecule has 3 amide bonds. The van der Waals surface area contributed by atoms with E-state index < -0.39 is 24.1 Å². The van der Waals surface area contributed by atoms with E-state index in [1.165, 1.54) is 0 Å². The number of carbonyl (C=O) groups excluding carboxylic acids is 4. The normalized spacial score (nSPS) is 23.9. The summed E-state index contributed by atoms with van der Waals surface area (Å²) in [6, 6.07) is -1.68. The molecule has 30 heavy (non-hydrogen) atoms. The fraction of sp³-hybridized carbons (Fsp3) is 0.810. The topological polar surface area (TPSA) is 114 Å². The van der Waals surface area contributed by atoms with E-state index in [4.69, 9.17) is 16.3 Å². The van der Waals surface area contributed by atoms with Crippen molar-refractivity contribution in [2.24, 2.45) is 11.3 Å². The summed E-state index contributed by atoms with van der Waals surface area (Å²) in [5.41, 5.74) is -0.235. The first-order valence-corrected chi connectivity index (χ1v) is 11.2. The Morgan fingerprint density at radius 1 is 1.17 bits per heavy atom. The van der Waals surface area contributed by atoms with Gasteiger partial charge in [-0.2, -0.15) is 0 Å². The van der Waals surface area contributed by atoms with Crippen molar-refractivity contribution in [2.75, 3.05) is 19.0 Å². The number of alkyl halides is 1. The second-order valence-electron chi connectivity index (χ2n) is 9.35. The summed E-state index contributed by atoms with van der Waals surface area (Å²) in [6.07, 6.45) is 2.97. The second kappa shape index (κ2) is 11.1. The van der Waals surface area contributed by atoms with Crippen LogP contribution in [0.5, 0.6) is 0 Å². The van der Waals surface area contributed by atoms with E-state index in [9.17, 15) is 19.2 Å². The molecule has 2 fully saturated rings. The Morgan fingerprint density at radius 3 is 2.47 bits per heavy atom. The van der Waals surface area contributed by atoms with Crippen molar-refractivity contribution in [3.63, 3.8) is 0 Å². The van der Waals surface area contributed by atoms with Gasteiger partial charge in [0.05, 0.1) is 11.9 Å². The zero-order valence-electron chi connectivity index (χ0n) is 18.1. The predicted molar refractivity (Wildman–Crippen MR) is 113 cm³/mol. The predicted octanol–water partition coefficient (Wildman–Crippen LogP) is 1.30. The van der Waals surface area contributed by atoms with Crippen molar-refractivity contribution < 1.29 is 23.9 Å². The standard InChI is InChI=1S/C21H34ClN3O5/c1-21(2,3)11-15(25-20(29)17-7-5-9-30-17)19(28)24-14(16(26)12-22)10-13-6-4-8-23-18(13)27/h13-15,17H,4-12H2,1-3H3,(H,23,27)(H,24,28)(H,25,29)/t13-,14-,15-,17+/m0/s1. The molecule has 4 atom stereocenters. The Balaban J connectivity index is 2.08. The molecule has 2 rings (SSSR count). The average Bonchev–Trinajstić information content (AvgIpc) is 3.21. The first kappa shape index (κ1) is 24.6. The summed E-state index contributed by atoms with van der Waals surface area (Å²) in [5, 5.41) is 8.33. The highest BCUT2D eigenvalue weighted by Crippen LogP contribution is 2.23. The molecule has 2 saturated heterocycles. The van der Waals surface area contributed by atoms with Crippen molar-refractivity contribution in [3.8, 4) is 0 Å². The maximum atomic E-state index is 13.1. The number of nitrogens with one attached hydrogen (secondary N) is 3. The highest BCUT2D eigenvalue weighted by atomic mass is 35.5. The zero-order valence-corrected chi connectivity index (χ0v) is 18.8. The van der Waals surface area contributed by atoms with Crippen LogP contribution in [0.25, 0.3) is 0 Å². The molecule has 0 spiro atoms. The molecule has 0 bridgehead atoms. The smallest absolute Gasteiger partial charge is 0.249 e. The number of ketones is 1. The summed E-state index contributed by atoms with van der Waals surface area (Å²) in [7, 11) is 0. The molecule has 8 nitrogen and oxygen atoms in total. The first-order valence-electron chi connectivity index (χ1n) is 10.7. The quantitative estimate of drug-likeness (QED) is 0.465. The van der Waals surface area contributed by atoms with Gasteiger partial charge in [-0.15, -0.1) is 11.6 Å². The summed E-state index contributed by atoms with van der Waals surface area (Å²) >= 11 is 5.75. The molecule has 0 unspecified atom stereocenters. The number of Topliss-reactive ketones (excluding diaryl/α,β-unsaturated/α-hetero) is 1. The van der Waals surface area contributed by atoms with Crippen LogP contribution in [-0.4, -0.2) is 60.7 Å². The van der Waals surface area contributed by atoms with Crippen molar-refractivity contribution in [1.82, 2.24) is 16.0 Å². The number of halogens is 1. The SMILES string of the molecule is CC(C)(C)C[C@H](NC(=O)[C@H]1CCCO1)C(=O)N[C@@H](C[C@@H]1CCCNC1=O)C(=O)CCl. The van der Waals surface area contributed by atoms with Gasteiger partial charge in [-0.05, 0) is 43.9 Å². The fourth-order valence-electron chi connectivity index (χ4n) is 3.85. The van der Waals surface area contributed by atoms with E-state index in [1.54, 1.807) is 0 Å². The molecule has 2 heterocycles. The molecule has 9 heteroatoms. The summed E-state index contributed by atoms with van der Waals surface area (Å²) in [5.74, 6) is -1.83. The maximum Gasteiger partial charge on any atom is 0.249 e. The van der Waals surface area contributed by atoms with Gasteiger partial charge in [0.1, 0.15) is 12.1 Å². The monoisotopic (exact) mass is 443 g/mol. The number of hydrogen-bond donors (Lipinski definition) is 3. The molecule has 0 aliphatic carbocycles. The van der Waals surface area contributed by atoms with Crippen LogP contribution in [0.4, 0.5) is 0 Å². The van der Waals surface area contributed by atoms with Crippen LogP contribution in [0.2, 0.25) is 0 Å². The Labute approximate surface area is 183 Å². The van der Waals surface area contributed by atoms with E-state index in [1.807, 2.05) is 20.8 Å². The molecule has 170 valence electrons. The van der Waals surface area contributed by atoms with Crippen LogP contribution in [0, 0.1) is 11.3 Å². The van der Waals surface area contributed by atoms with Crippen molar-refractivity contribution in [3.05, 3.63) is 0 Å². The molecular weight excluding hydrogens is 410 g/mol. The number of amides is 3. The Hall–Kier alpha value is -1.67. The van der Waals surface area contributed by atoms with E-state index in [0.29, 0.717) is 32.4 Å². The van der Waals surface area contributed by atoms with Crippen LogP contribution < -0.4 is 16.0 Å². The van der Waals surface area contributed by atoms with Crippen LogP contribution in [0.1, 0.15) is 59.3 Å². The third-order valence-corrected chi connectivity index (χ3v) is 5.69. The van der Waals surface area contributed by atoms with E-state index in [2.05, 4.69) is 16.0 Å². The summed E-state index contributed by atoms with van der Waals surface area (Å²) in [6.45, 7) is 7.07. The maximum absolute atomic E-state index is 13.1. The largest absolute Gasteiger partial charge is 0.368 e. The lowest BCUT2D eigenvalue weighted by Gasteiger charge is -2.30. The van der Waals surface area contributed by atoms with Gasteiger partial charge < -0.3 is 20.7 Å². The molecule has 0 aromatic carbocycles. The second-order valence-corrected chi connectivity index (χ2v) is 9.62.